The van der Waals surface area contributed by atoms with Crippen LogP contribution in [-0.2, 0) is 35.7 Å². The van der Waals surface area contributed by atoms with Crippen molar-refractivity contribution < 1.29 is 26.7 Å². The summed E-state index contributed by atoms with van der Waals surface area (Å²) in [5, 5.41) is 17.8. The fourth-order valence-electron chi connectivity index (χ4n) is 5.73. The van der Waals surface area contributed by atoms with Gasteiger partial charge in [0.15, 0.2) is 6.35 Å². The van der Waals surface area contributed by atoms with E-state index in [9.17, 15) is 26.7 Å². The number of para-hydroxylation sites is 1. The molecule has 0 saturated carbocycles. The normalized spacial score (nSPS) is 17.6. The van der Waals surface area contributed by atoms with Gasteiger partial charge in [-0.15, -0.1) is 0 Å². The van der Waals surface area contributed by atoms with E-state index in [-0.39, 0.29) is 6.54 Å². The van der Waals surface area contributed by atoms with Gasteiger partial charge < -0.3 is 15.3 Å². The number of aliphatic hydroxyl groups excluding tert-OH is 1. The Morgan fingerprint density at radius 1 is 1.07 bits per heavy atom. The molecule has 1 fully saturated rings. The van der Waals surface area contributed by atoms with Crippen molar-refractivity contribution in [3.63, 3.8) is 0 Å². The summed E-state index contributed by atoms with van der Waals surface area (Å²) in [6.07, 6.45) is -3.24. The molecule has 3 aromatic rings. The van der Waals surface area contributed by atoms with Crippen LogP contribution in [-0.4, -0.2) is 84.4 Å². The smallest absolute Gasteiger partial charge is 0.366 e. The Bertz CT molecular complexity index is 1540. The van der Waals surface area contributed by atoms with Crippen LogP contribution in [0.2, 0.25) is 5.02 Å². The van der Waals surface area contributed by atoms with Crippen LogP contribution in [0.1, 0.15) is 23.2 Å². The highest BCUT2D eigenvalue weighted by atomic mass is 35.5. The third-order valence-electron chi connectivity index (χ3n) is 7.88. The molecule has 3 heterocycles. The molecule has 1 saturated heterocycles. The van der Waals surface area contributed by atoms with Crippen molar-refractivity contribution in [1.82, 2.24) is 19.0 Å². The number of sulfonamides is 1. The zero-order valence-electron chi connectivity index (χ0n) is 23.7. The lowest BCUT2D eigenvalue weighted by atomic mass is 10.0. The molecular formula is C28H35ClF3N7O3S. The monoisotopic (exact) mass is 641 g/mol. The molecule has 10 nitrogen and oxygen atoms in total. The molecule has 1 atom stereocenters. The summed E-state index contributed by atoms with van der Waals surface area (Å²) in [5.74, 6) is 0. The number of hydrogen-bond donors (Lipinski definition) is 3. The van der Waals surface area contributed by atoms with E-state index >= 15 is 0 Å². The van der Waals surface area contributed by atoms with Gasteiger partial charge in [0.2, 0.25) is 10.0 Å². The average molecular weight is 642 g/mol. The topological polar surface area (TPSA) is 120 Å². The molecular weight excluding hydrogens is 607 g/mol. The Morgan fingerprint density at radius 2 is 1.77 bits per heavy atom. The van der Waals surface area contributed by atoms with Gasteiger partial charge in [-0.05, 0) is 30.7 Å². The molecule has 5 rings (SSSR count). The van der Waals surface area contributed by atoms with Crippen LogP contribution >= 0.6 is 11.6 Å². The summed E-state index contributed by atoms with van der Waals surface area (Å²) in [4.78, 5) is 4.51. The highest BCUT2D eigenvalue weighted by molar-refractivity contribution is 7.88. The number of anilines is 2. The Hall–Kier alpha value is -2.88. The predicted octanol–water partition coefficient (Wildman–Crippen LogP) is 3.40. The van der Waals surface area contributed by atoms with E-state index in [2.05, 4.69) is 15.1 Å². The van der Waals surface area contributed by atoms with E-state index in [0.29, 0.717) is 41.5 Å². The van der Waals surface area contributed by atoms with Crippen molar-refractivity contribution in [2.24, 2.45) is 5.73 Å². The van der Waals surface area contributed by atoms with E-state index in [1.807, 2.05) is 10.7 Å². The molecule has 0 bridgehead atoms. The van der Waals surface area contributed by atoms with E-state index in [1.54, 1.807) is 12.1 Å². The fraction of sp³-hybridized carbons (Fsp3) is 0.464. The Kier molecular flexibility index (Phi) is 9.26. The van der Waals surface area contributed by atoms with E-state index in [1.165, 1.54) is 16.4 Å². The van der Waals surface area contributed by atoms with Crippen molar-refractivity contribution in [1.29, 1.82) is 0 Å². The number of hydrogen-bond acceptors (Lipinski definition) is 8. The number of halogens is 4. The van der Waals surface area contributed by atoms with Crippen LogP contribution in [0.5, 0.6) is 0 Å². The molecule has 43 heavy (non-hydrogen) atoms. The molecule has 2 aliphatic heterocycles. The first kappa shape index (κ1) is 31.5. The fourth-order valence-corrected chi connectivity index (χ4v) is 6.82. The highest BCUT2D eigenvalue weighted by Gasteiger charge is 2.32. The van der Waals surface area contributed by atoms with E-state index in [0.717, 1.165) is 74.5 Å². The SMILES string of the molecule is CS(=O)(=O)N1CCc2c(c(-c3ccc(C(F)(F)F)cc3)nn2CCCN2CCN(c3c(Cl)cccc3NC(N)O)CC2)C1. The van der Waals surface area contributed by atoms with Crippen molar-refractivity contribution in [2.75, 3.05) is 55.7 Å². The summed E-state index contributed by atoms with van der Waals surface area (Å²) >= 11 is 6.49. The Labute approximate surface area is 253 Å². The number of aliphatic hydroxyl groups is 1. The van der Waals surface area contributed by atoms with Gasteiger partial charge in [0, 0.05) is 75.6 Å². The van der Waals surface area contributed by atoms with Gasteiger partial charge in [0.1, 0.15) is 0 Å². The van der Waals surface area contributed by atoms with Crippen LogP contribution in [0.25, 0.3) is 11.3 Å². The van der Waals surface area contributed by atoms with Gasteiger partial charge in [-0.2, -0.15) is 22.6 Å². The maximum absolute atomic E-state index is 13.1. The van der Waals surface area contributed by atoms with Gasteiger partial charge >= 0.3 is 6.18 Å². The largest absolute Gasteiger partial charge is 0.416 e. The van der Waals surface area contributed by atoms with E-state index in [4.69, 9.17) is 22.4 Å². The quantitative estimate of drug-likeness (QED) is 0.304. The van der Waals surface area contributed by atoms with Crippen molar-refractivity contribution in [3.8, 4) is 11.3 Å². The molecule has 2 aromatic carbocycles. The number of nitrogens with one attached hydrogen (secondary N) is 1. The Morgan fingerprint density at radius 3 is 2.40 bits per heavy atom. The average Bonchev–Trinajstić information content (AvgIpc) is 3.30. The third-order valence-corrected chi connectivity index (χ3v) is 9.43. The third kappa shape index (κ3) is 7.27. The van der Waals surface area contributed by atoms with Gasteiger partial charge in [-0.3, -0.25) is 15.3 Å². The lowest BCUT2D eigenvalue weighted by molar-refractivity contribution is -0.137. The minimum absolute atomic E-state index is 0.132. The lowest BCUT2D eigenvalue weighted by Crippen LogP contribution is -2.47. The molecule has 0 amide bonds. The number of fused-ring (bicyclic) bond motifs is 1. The number of aryl methyl sites for hydroxylation is 1. The first-order chi connectivity index (χ1) is 20.3. The summed E-state index contributed by atoms with van der Waals surface area (Å²) in [7, 11) is -3.45. The molecule has 1 aromatic heterocycles. The maximum Gasteiger partial charge on any atom is 0.416 e. The minimum atomic E-state index is -4.45. The van der Waals surface area contributed by atoms with Gasteiger partial charge in [-0.25, -0.2) is 8.42 Å². The zero-order chi connectivity index (χ0) is 30.9. The van der Waals surface area contributed by atoms with Gasteiger partial charge in [0.05, 0.1) is 33.9 Å². The number of rotatable bonds is 9. The van der Waals surface area contributed by atoms with Crippen molar-refractivity contribution in [2.45, 2.75) is 38.5 Å². The second-order valence-electron chi connectivity index (χ2n) is 10.8. The molecule has 15 heteroatoms. The summed E-state index contributed by atoms with van der Waals surface area (Å²) < 4.78 is 67.3. The molecule has 234 valence electrons. The zero-order valence-corrected chi connectivity index (χ0v) is 25.3. The van der Waals surface area contributed by atoms with Crippen molar-refractivity contribution in [3.05, 3.63) is 64.3 Å². The number of alkyl halides is 3. The number of benzene rings is 2. The predicted molar refractivity (Wildman–Crippen MR) is 160 cm³/mol. The highest BCUT2D eigenvalue weighted by Crippen LogP contribution is 2.36. The lowest BCUT2D eigenvalue weighted by Gasteiger charge is -2.37. The van der Waals surface area contributed by atoms with Crippen LogP contribution in [0.3, 0.4) is 0 Å². The minimum Gasteiger partial charge on any atom is -0.366 e. The number of nitrogens with two attached hydrogens (primary N) is 1. The summed E-state index contributed by atoms with van der Waals surface area (Å²) in [6.45, 7) is 4.92. The first-order valence-electron chi connectivity index (χ1n) is 14.0. The van der Waals surface area contributed by atoms with E-state index < -0.39 is 28.1 Å². The van der Waals surface area contributed by atoms with Crippen molar-refractivity contribution >= 4 is 33.0 Å². The van der Waals surface area contributed by atoms with Crippen LogP contribution in [0.15, 0.2) is 42.5 Å². The molecule has 0 spiro atoms. The summed E-state index contributed by atoms with van der Waals surface area (Å²) in [6, 6.07) is 10.3. The first-order valence-corrected chi connectivity index (χ1v) is 16.2. The van der Waals surface area contributed by atoms with Crippen LogP contribution < -0.4 is 16.0 Å². The molecule has 0 aliphatic carbocycles. The van der Waals surface area contributed by atoms with Gasteiger partial charge in [-0.1, -0.05) is 29.8 Å². The Balaban J connectivity index is 1.26. The number of piperazine rings is 1. The second-order valence-corrected chi connectivity index (χ2v) is 13.2. The molecule has 0 radical (unpaired) electrons. The standard InChI is InChI=1S/C28H35ClF3N7O3S/c1-43(41,42)38-13-10-24-21(18-38)25(19-6-8-20(9-7-19)28(30,31)32)35-39(24)12-3-11-36-14-16-37(17-15-36)26-22(29)4-2-5-23(26)34-27(33)40/h2,4-9,27,34,40H,3,10-18,33H2,1H3. The molecule has 1 unspecified atom stereocenters. The maximum atomic E-state index is 13.1. The summed E-state index contributed by atoms with van der Waals surface area (Å²) in [5.41, 5.74) is 8.92. The number of nitrogens with zero attached hydrogens (tertiary/aromatic N) is 5. The van der Waals surface area contributed by atoms with Gasteiger partial charge in [0.25, 0.3) is 0 Å². The second kappa shape index (κ2) is 12.6. The molecule has 4 N–H and O–H groups in total. The van der Waals surface area contributed by atoms with Crippen LogP contribution in [0, 0.1) is 0 Å². The van der Waals surface area contributed by atoms with Crippen LogP contribution in [0.4, 0.5) is 24.5 Å². The molecule has 2 aliphatic rings. The number of aromatic nitrogens is 2.